The standard InChI is InChI=1S/C17H14BrNO/c1-17(20,13-6-8-15(18)9-7-13)14-10-12-4-2-3-5-16(12)19-11-14/h2-11,20H,1H3. The van der Waals surface area contributed by atoms with Gasteiger partial charge in [-0.1, -0.05) is 46.3 Å². The molecule has 0 bridgehead atoms. The Morgan fingerprint density at radius 3 is 2.45 bits per heavy atom. The molecular formula is C17H14BrNO. The van der Waals surface area contributed by atoms with Gasteiger partial charge in [-0.2, -0.15) is 0 Å². The number of aromatic nitrogens is 1. The molecule has 100 valence electrons. The van der Waals surface area contributed by atoms with Crippen LogP contribution in [-0.4, -0.2) is 10.1 Å². The molecule has 0 fully saturated rings. The van der Waals surface area contributed by atoms with Crippen LogP contribution in [0.15, 0.2) is 65.3 Å². The van der Waals surface area contributed by atoms with E-state index in [0.717, 1.165) is 26.5 Å². The van der Waals surface area contributed by atoms with Crippen LogP contribution >= 0.6 is 15.9 Å². The lowest BCUT2D eigenvalue weighted by molar-refractivity contribution is 0.102. The van der Waals surface area contributed by atoms with Gasteiger partial charge in [0.25, 0.3) is 0 Å². The summed E-state index contributed by atoms with van der Waals surface area (Å²) in [6.45, 7) is 1.79. The molecule has 2 nitrogen and oxygen atoms in total. The Kier molecular flexibility index (Phi) is 3.32. The maximum absolute atomic E-state index is 10.9. The van der Waals surface area contributed by atoms with Crippen molar-refractivity contribution in [1.29, 1.82) is 0 Å². The normalized spacial score (nSPS) is 14.2. The van der Waals surface area contributed by atoms with Gasteiger partial charge < -0.3 is 5.11 Å². The van der Waals surface area contributed by atoms with E-state index in [1.54, 1.807) is 13.1 Å². The van der Waals surface area contributed by atoms with E-state index in [-0.39, 0.29) is 0 Å². The van der Waals surface area contributed by atoms with E-state index in [4.69, 9.17) is 0 Å². The van der Waals surface area contributed by atoms with E-state index in [1.165, 1.54) is 0 Å². The molecule has 0 aliphatic rings. The van der Waals surface area contributed by atoms with Crippen LogP contribution < -0.4 is 0 Å². The Labute approximate surface area is 126 Å². The molecule has 3 aromatic rings. The zero-order valence-corrected chi connectivity index (χ0v) is 12.6. The van der Waals surface area contributed by atoms with Crippen LogP contribution in [-0.2, 0) is 5.60 Å². The third-order valence-electron chi connectivity index (χ3n) is 3.56. The molecular weight excluding hydrogens is 314 g/mol. The molecule has 3 rings (SSSR count). The van der Waals surface area contributed by atoms with Crippen molar-refractivity contribution in [3.8, 4) is 0 Å². The quantitative estimate of drug-likeness (QED) is 0.763. The first-order valence-electron chi connectivity index (χ1n) is 6.41. The average Bonchev–Trinajstić information content (AvgIpc) is 2.47. The minimum Gasteiger partial charge on any atom is -0.381 e. The van der Waals surface area contributed by atoms with Gasteiger partial charge in [0, 0.05) is 21.6 Å². The third-order valence-corrected chi connectivity index (χ3v) is 4.09. The Hall–Kier alpha value is -1.71. The molecule has 3 heteroatoms. The molecule has 0 saturated heterocycles. The van der Waals surface area contributed by atoms with E-state index in [2.05, 4.69) is 20.9 Å². The van der Waals surface area contributed by atoms with Crippen LogP contribution in [0.3, 0.4) is 0 Å². The highest BCUT2D eigenvalue weighted by Gasteiger charge is 2.26. The van der Waals surface area contributed by atoms with Crippen LogP contribution in [0.5, 0.6) is 0 Å². The monoisotopic (exact) mass is 327 g/mol. The lowest BCUT2D eigenvalue weighted by Gasteiger charge is -2.24. The highest BCUT2D eigenvalue weighted by Crippen LogP contribution is 2.31. The number of para-hydroxylation sites is 1. The van der Waals surface area contributed by atoms with Crippen LogP contribution in [0.25, 0.3) is 10.9 Å². The van der Waals surface area contributed by atoms with Crippen LogP contribution in [0.1, 0.15) is 18.1 Å². The second-order valence-corrected chi connectivity index (χ2v) is 5.91. The van der Waals surface area contributed by atoms with Gasteiger partial charge in [0.1, 0.15) is 5.60 Å². The van der Waals surface area contributed by atoms with Crippen molar-refractivity contribution < 1.29 is 5.11 Å². The zero-order chi connectivity index (χ0) is 14.2. The maximum Gasteiger partial charge on any atom is 0.113 e. The Morgan fingerprint density at radius 1 is 1.00 bits per heavy atom. The van der Waals surface area contributed by atoms with Crippen molar-refractivity contribution in [2.45, 2.75) is 12.5 Å². The molecule has 20 heavy (non-hydrogen) atoms. The zero-order valence-electron chi connectivity index (χ0n) is 11.0. The summed E-state index contributed by atoms with van der Waals surface area (Å²) in [5, 5.41) is 11.9. The molecule has 0 radical (unpaired) electrons. The summed E-state index contributed by atoms with van der Waals surface area (Å²) in [5.41, 5.74) is 1.51. The predicted molar refractivity (Wildman–Crippen MR) is 84.6 cm³/mol. The smallest absolute Gasteiger partial charge is 0.113 e. The van der Waals surface area contributed by atoms with Crippen molar-refractivity contribution in [2.75, 3.05) is 0 Å². The van der Waals surface area contributed by atoms with E-state index in [9.17, 15) is 5.11 Å². The van der Waals surface area contributed by atoms with E-state index in [0.29, 0.717) is 0 Å². The van der Waals surface area contributed by atoms with Crippen LogP contribution in [0, 0.1) is 0 Å². The number of hydrogen-bond acceptors (Lipinski definition) is 2. The van der Waals surface area contributed by atoms with Gasteiger partial charge in [0.05, 0.1) is 5.52 Å². The summed E-state index contributed by atoms with van der Waals surface area (Å²) < 4.78 is 0.994. The van der Waals surface area contributed by atoms with Gasteiger partial charge in [-0.25, -0.2) is 0 Å². The molecule has 0 spiro atoms. The molecule has 0 saturated carbocycles. The summed E-state index contributed by atoms with van der Waals surface area (Å²) in [7, 11) is 0. The maximum atomic E-state index is 10.9. The van der Waals surface area contributed by atoms with E-state index >= 15 is 0 Å². The number of fused-ring (bicyclic) bond motifs is 1. The molecule has 1 aromatic heterocycles. The average molecular weight is 328 g/mol. The third kappa shape index (κ3) is 2.35. The highest BCUT2D eigenvalue weighted by atomic mass is 79.9. The first-order chi connectivity index (χ1) is 9.57. The summed E-state index contributed by atoms with van der Waals surface area (Å²) >= 11 is 3.41. The van der Waals surface area contributed by atoms with Crippen LogP contribution in [0.4, 0.5) is 0 Å². The number of pyridine rings is 1. The first-order valence-corrected chi connectivity index (χ1v) is 7.20. The van der Waals surface area contributed by atoms with Gasteiger partial charge >= 0.3 is 0 Å². The molecule has 0 aliphatic carbocycles. The Morgan fingerprint density at radius 2 is 1.70 bits per heavy atom. The van der Waals surface area contributed by atoms with Gasteiger partial charge in [-0.3, -0.25) is 4.98 Å². The summed E-state index contributed by atoms with van der Waals surface area (Å²) in [6.07, 6.45) is 1.74. The molecule has 1 unspecified atom stereocenters. The summed E-state index contributed by atoms with van der Waals surface area (Å²) in [4.78, 5) is 4.42. The number of aliphatic hydroxyl groups is 1. The molecule has 1 atom stereocenters. The Balaban J connectivity index is 2.10. The van der Waals surface area contributed by atoms with Gasteiger partial charge in [0.2, 0.25) is 0 Å². The van der Waals surface area contributed by atoms with Crippen LogP contribution in [0.2, 0.25) is 0 Å². The number of hydrogen-bond donors (Lipinski definition) is 1. The van der Waals surface area contributed by atoms with Gasteiger partial charge in [-0.15, -0.1) is 0 Å². The van der Waals surface area contributed by atoms with Crippen molar-refractivity contribution in [2.24, 2.45) is 0 Å². The van der Waals surface area contributed by atoms with E-state index in [1.807, 2.05) is 54.6 Å². The van der Waals surface area contributed by atoms with Crippen molar-refractivity contribution in [3.05, 3.63) is 76.4 Å². The largest absolute Gasteiger partial charge is 0.381 e. The minimum absolute atomic E-state index is 0.790. The lowest BCUT2D eigenvalue weighted by Crippen LogP contribution is -2.22. The van der Waals surface area contributed by atoms with Crippen molar-refractivity contribution >= 4 is 26.8 Å². The minimum atomic E-state index is -1.06. The molecule has 2 aromatic carbocycles. The predicted octanol–water partition coefficient (Wildman–Crippen LogP) is 4.25. The summed E-state index contributed by atoms with van der Waals surface area (Å²) in [5.74, 6) is 0. The fraction of sp³-hybridized carbons (Fsp3) is 0.118. The number of benzene rings is 2. The first kappa shape index (κ1) is 13.3. The number of rotatable bonds is 2. The highest BCUT2D eigenvalue weighted by molar-refractivity contribution is 9.10. The topological polar surface area (TPSA) is 33.1 Å². The fourth-order valence-corrected chi connectivity index (χ4v) is 2.54. The molecule has 0 aliphatic heterocycles. The van der Waals surface area contributed by atoms with Gasteiger partial charge in [0.15, 0.2) is 0 Å². The molecule has 1 N–H and O–H groups in total. The Bertz CT molecular complexity index is 750. The number of halogens is 1. The lowest BCUT2D eigenvalue weighted by atomic mass is 9.89. The van der Waals surface area contributed by atoms with Gasteiger partial charge in [-0.05, 0) is 36.8 Å². The SMILES string of the molecule is CC(O)(c1ccc(Br)cc1)c1cnc2ccccc2c1. The van der Waals surface area contributed by atoms with E-state index < -0.39 is 5.60 Å². The fourth-order valence-electron chi connectivity index (χ4n) is 2.28. The summed E-state index contributed by atoms with van der Waals surface area (Å²) in [6, 6.07) is 17.6. The second-order valence-electron chi connectivity index (χ2n) is 5.00. The van der Waals surface area contributed by atoms with Crippen molar-refractivity contribution in [1.82, 2.24) is 4.98 Å². The number of nitrogens with zero attached hydrogens (tertiary/aromatic N) is 1. The second kappa shape index (κ2) is 5.00. The van der Waals surface area contributed by atoms with Crippen molar-refractivity contribution in [3.63, 3.8) is 0 Å². The molecule has 0 amide bonds. The molecule has 1 heterocycles.